The van der Waals surface area contributed by atoms with Crippen molar-refractivity contribution in [2.75, 3.05) is 26.0 Å². The van der Waals surface area contributed by atoms with Crippen LogP contribution in [0.5, 0.6) is 17.2 Å². The molecule has 0 saturated carbocycles. The number of ether oxygens (including phenoxy) is 2. The molecule has 1 aliphatic rings. The van der Waals surface area contributed by atoms with E-state index in [0.717, 1.165) is 41.9 Å². The fraction of sp³-hybridized carbons (Fsp3) is 0.238. The first-order chi connectivity index (χ1) is 14.7. The summed E-state index contributed by atoms with van der Waals surface area (Å²) >= 11 is 0. The number of hydrogen-bond donors (Lipinski definition) is 2. The lowest BCUT2D eigenvalue weighted by Crippen LogP contribution is -2.17. The summed E-state index contributed by atoms with van der Waals surface area (Å²) in [6.07, 6.45) is -2.40. The number of nitrogens with zero attached hydrogens (tertiary/aromatic N) is 2. The van der Waals surface area contributed by atoms with E-state index >= 15 is 0 Å². The number of fused-ring (bicyclic) bond motifs is 2. The number of hydrogen-bond acceptors (Lipinski definition) is 5. The Balaban J connectivity index is 1.64. The number of benzene rings is 2. The Labute approximate surface area is 175 Å². The number of aromatic nitrogens is 2. The highest BCUT2D eigenvalue weighted by Crippen LogP contribution is 2.40. The molecule has 0 bridgehead atoms. The third-order valence-electron chi connectivity index (χ3n) is 4.72. The molecule has 2 heterocycles. The second-order valence-electron chi connectivity index (χ2n) is 7.29. The number of alkyl halides is 3. The molecule has 2 aromatic carbocycles. The summed E-state index contributed by atoms with van der Waals surface area (Å²) in [5, 5.41) is 9.69. The van der Waals surface area contributed by atoms with Crippen molar-refractivity contribution in [3.05, 3.63) is 53.9 Å². The first-order valence-electron chi connectivity index (χ1n) is 9.40. The summed E-state index contributed by atoms with van der Waals surface area (Å²) in [7, 11) is 3.95. The molecule has 0 fully saturated rings. The fourth-order valence-electron chi connectivity index (χ4n) is 3.25. The maximum Gasteiger partial charge on any atom is 0.573 e. The van der Waals surface area contributed by atoms with Gasteiger partial charge >= 0.3 is 6.36 Å². The van der Waals surface area contributed by atoms with Crippen molar-refractivity contribution in [3.8, 4) is 28.4 Å². The van der Waals surface area contributed by atoms with Gasteiger partial charge in [0.15, 0.2) is 5.75 Å². The number of H-pyrrole nitrogens is 1. The van der Waals surface area contributed by atoms with E-state index in [2.05, 4.69) is 25.2 Å². The minimum atomic E-state index is -4.84. The van der Waals surface area contributed by atoms with Crippen LogP contribution in [0.4, 0.5) is 18.9 Å². The Morgan fingerprint density at radius 1 is 1.10 bits per heavy atom. The van der Waals surface area contributed by atoms with Gasteiger partial charge in [0.2, 0.25) is 0 Å². The highest BCUT2D eigenvalue weighted by atomic mass is 19.4. The van der Waals surface area contributed by atoms with E-state index in [4.69, 9.17) is 4.74 Å². The number of likely N-dealkylation sites (N-methyl/N-ethyl adjacent to an activating group) is 1. The van der Waals surface area contributed by atoms with E-state index in [1.54, 1.807) is 18.3 Å². The van der Waals surface area contributed by atoms with E-state index in [0.29, 0.717) is 5.75 Å². The van der Waals surface area contributed by atoms with Crippen LogP contribution in [0.3, 0.4) is 0 Å². The zero-order valence-electron chi connectivity index (χ0n) is 16.7. The Morgan fingerprint density at radius 2 is 1.87 bits per heavy atom. The third-order valence-corrected chi connectivity index (χ3v) is 4.72. The lowest BCUT2D eigenvalue weighted by atomic mass is 10.0. The van der Waals surface area contributed by atoms with Crippen LogP contribution in [0, 0.1) is 0 Å². The molecular weight excluding hydrogens is 413 g/mol. The second kappa shape index (κ2) is 7.95. The highest BCUT2D eigenvalue weighted by Gasteiger charge is 2.32. The van der Waals surface area contributed by atoms with Crippen LogP contribution >= 0.6 is 0 Å². The molecular formula is C21H19F3N4O3. The molecule has 162 valence electrons. The van der Waals surface area contributed by atoms with Crippen molar-refractivity contribution in [1.82, 2.24) is 15.1 Å². The van der Waals surface area contributed by atoms with Crippen molar-refractivity contribution in [3.63, 3.8) is 0 Å². The first-order valence-corrected chi connectivity index (χ1v) is 9.40. The second-order valence-corrected chi connectivity index (χ2v) is 7.29. The number of nitrogens with one attached hydrogen (secondary N) is 2. The Bertz CT molecular complexity index is 1130. The average Bonchev–Trinajstić information content (AvgIpc) is 3.10. The van der Waals surface area contributed by atoms with Crippen LogP contribution in [0.25, 0.3) is 11.1 Å². The number of halogens is 3. The zero-order valence-corrected chi connectivity index (χ0v) is 16.7. The van der Waals surface area contributed by atoms with Gasteiger partial charge in [0.05, 0.1) is 17.4 Å². The van der Waals surface area contributed by atoms with E-state index in [1.807, 2.05) is 20.2 Å². The summed E-state index contributed by atoms with van der Waals surface area (Å²) in [6, 6.07) is 8.65. The summed E-state index contributed by atoms with van der Waals surface area (Å²) in [5.41, 5.74) is 2.90. The molecule has 3 aromatic rings. The van der Waals surface area contributed by atoms with Gasteiger partial charge in [-0.2, -0.15) is 5.10 Å². The van der Waals surface area contributed by atoms with Crippen molar-refractivity contribution in [2.45, 2.75) is 12.8 Å². The number of anilines is 1. The van der Waals surface area contributed by atoms with E-state index < -0.39 is 18.0 Å². The van der Waals surface area contributed by atoms with Crippen LogP contribution < -0.4 is 14.8 Å². The average molecular weight is 432 g/mol. The van der Waals surface area contributed by atoms with Gasteiger partial charge in [-0.1, -0.05) is 6.07 Å². The maximum absolute atomic E-state index is 12.8. The summed E-state index contributed by atoms with van der Waals surface area (Å²) in [5.74, 6) is -0.448. The largest absolute Gasteiger partial charge is 0.573 e. The van der Waals surface area contributed by atoms with Gasteiger partial charge < -0.3 is 19.7 Å². The number of carbonyl (C=O) groups excluding carboxylic acids is 1. The Hall–Kier alpha value is -3.53. The predicted molar refractivity (Wildman–Crippen MR) is 107 cm³/mol. The lowest BCUT2D eigenvalue weighted by Gasteiger charge is -2.12. The zero-order chi connectivity index (χ0) is 22.2. The fourth-order valence-corrected chi connectivity index (χ4v) is 3.25. The monoisotopic (exact) mass is 432 g/mol. The molecule has 0 radical (unpaired) electrons. The van der Waals surface area contributed by atoms with Gasteiger partial charge in [0.25, 0.3) is 5.91 Å². The van der Waals surface area contributed by atoms with Crippen LogP contribution in [0.2, 0.25) is 0 Å². The van der Waals surface area contributed by atoms with Crippen molar-refractivity contribution >= 4 is 11.6 Å². The van der Waals surface area contributed by atoms with Gasteiger partial charge in [-0.05, 0) is 43.9 Å². The Morgan fingerprint density at radius 3 is 2.61 bits per heavy atom. The Kier molecular flexibility index (Phi) is 5.32. The molecule has 0 saturated heterocycles. The minimum absolute atomic E-state index is 0.0829. The molecule has 0 aliphatic carbocycles. The van der Waals surface area contributed by atoms with Crippen molar-refractivity contribution < 1.29 is 27.4 Å². The van der Waals surface area contributed by atoms with Crippen LogP contribution in [-0.4, -0.2) is 48.0 Å². The molecule has 0 atom stereocenters. The summed E-state index contributed by atoms with van der Waals surface area (Å²) in [6.45, 7) is 0.821. The highest BCUT2D eigenvalue weighted by molar-refractivity contribution is 6.08. The molecule has 0 spiro atoms. The quantitative estimate of drug-likeness (QED) is 0.623. The van der Waals surface area contributed by atoms with Gasteiger partial charge in [0.1, 0.15) is 11.5 Å². The molecule has 1 amide bonds. The number of carbonyl (C=O) groups is 1. The van der Waals surface area contributed by atoms with Crippen LogP contribution in [0.15, 0.2) is 42.6 Å². The molecule has 31 heavy (non-hydrogen) atoms. The van der Waals surface area contributed by atoms with Gasteiger partial charge in [0, 0.05) is 30.3 Å². The van der Waals surface area contributed by atoms with Crippen LogP contribution in [0.1, 0.15) is 16.1 Å². The molecule has 4 rings (SSSR count). The predicted octanol–water partition coefficient (Wildman–Crippen LogP) is 4.44. The maximum atomic E-state index is 12.8. The van der Waals surface area contributed by atoms with Gasteiger partial charge in [-0.25, -0.2) is 0 Å². The summed E-state index contributed by atoms with van der Waals surface area (Å²) < 4.78 is 47.2. The van der Waals surface area contributed by atoms with Gasteiger partial charge in [-0.15, -0.1) is 13.2 Å². The van der Waals surface area contributed by atoms with Crippen molar-refractivity contribution in [1.29, 1.82) is 0 Å². The normalized spacial score (nSPS) is 13.2. The SMILES string of the molecule is CN(C)CCc1[nH]ncc1-c1ccc2c(c1)C(=O)Nc1cc(OC(F)(F)F)ccc1O2. The molecule has 0 unspecified atom stereocenters. The summed E-state index contributed by atoms with van der Waals surface area (Å²) in [4.78, 5) is 14.9. The standard InChI is InChI=1S/C21H19F3N4O3/c1-28(2)8-7-16-15(11-25-27-16)12-3-5-18-14(9-12)20(29)26-17-10-13(31-21(22,23)24)4-6-19(17)30-18/h3-6,9-11H,7-8H2,1-2H3,(H,25,27)(H,26,29). The smallest absolute Gasteiger partial charge is 0.454 e. The van der Waals surface area contributed by atoms with Crippen LogP contribution in [-0.2, 0) is 6.42 Å². The van der Waals surface area contributed by atoms with E-state index in [9.17, 15) is 18.0 Å². The van der Waals surface area contributed by atoms with E-state index in [-0.39, 0.29) is 17.0 Å². The first kappa shape index (κ1) is 20.7. The molecule has 10 heteroatoms. The lowest BCUT2D eigenvalue weighted by molar-refractivity contribution is -0.274. The molecule has 1 aliphatic heterocycles. The number of aromatic amines is 1. The third kappa shape index (κ3) is 4.64. The minimum Gasteiger partial charge on any atom is -0.454 e. The molecule has 1 aromatic heterocycles. The molecule has 2 N–H and O–H groups in total. The van der Waals surface area contributed by atoms with E-state index in [1.165, 1.54) is 6.07 Å². The van der Waals surface area contributed by atoms with Gasteiger partial charge in [-0.3, -0.25) is 9.89 Å². The number of amides is 1. The topological polar surface area (TPSA) is 79.5 Å². The molecule has 7 nitrogen and oxygen atoms in total. The van der Waals surface area contributed by atoms with Crippen molar-refractivity contribution in [2.24, 2.45) is 0 Å². The number of rotatable bonds is 5.